The zero-order valence-corrected chi connectivity index (χ0v) is 10.8. The first-order valence-corrected chi connectivity index (χ1v) is 7.23. The van der Waals surface area contributed by atoms with Gasteiger partial charge in [0.1, 0.15) is 11.4 Å². The van der Waals surface area contributed by atoms with Crippen molar-refractivity contribution in [2.75, 3.05) is 0 Å². The average molecular weight is 261 g/mol. The van der Waals surface area contributed by atoms with E-state index in [1.54, 1.807) is 0 Å². The second-order valence-corrected chi connectivity index (χ2v) is 5.73. The first-order chi connectivity index (χ1) is 7.45. The summed E-state index contributed by atoms with van der Waals surface area (Å²) in [6.45, 7) is 3.92. The minimum atomic E-state index is -3.77. The van der Waals surface area contributed by atoms with Crippen molar-refractivity contribution < 1.29 is 8.42 Å². The van der Waals surface area contributed by atoms with Gasteiger partial charge in [-0.25, -0.2) is 8.42 Å². The molecule has 0 N–H and O–H groups in total. The van der Waals surface area contributed by atoms with E-state index in [1.165, 1.54) is 4.68 Å². The van der Waals surface area contributed by atoms with Crippen molar-refractivity contribution in [1.29, 1.82) is 0 Å². The maximum absolute atomic E-state index is 11.5. The number of hydrogen-bond donors (Lipinski definition) is 0. The summed E-state index contributed by atoms with van der Waals surface area (Å²) in [7, 11) is 1.64. The lowest BCUT2D eigenvalue weighted by Crippen LogP contribution is -2.04. The van der Waals surface area contributed by atoms with Crippen molar-refractivity contribution >= 4 is 19.7 Å². The fourth-order valence-corrected chi connectivity index (χ4v) is 3.14. The Balaban J connectivity index is 3.51. The molecule has 4 nitrogen and oxygen atoms in total. The first kappa shape index (κ1) is 13.1. The van der Waals surface area contributed by atoms with E-state index in [0.29, 0.717) is 24.2 Å². The van der Waals surface area contributed by atoms with E-state index in [4.69, 9.17) is 17.1 Å². The zero-order valence-electron chi connectivity index (χ0n) is 9.20. The van der Waals surface area contributed by atoms with Gasteiger partial charge in [0.15, 0.2) is 0 Å². The molecule has 0 radical (unpaired) electrons. The van der Waals surface area contributed by atoms with Crippen LogP contribution in [0.15, 0.2) is 4.90 Å². The van der Waals surface area contributed by atoms with Crippen LogP contribution in [0.5, 0.6) is 0 Å². The minimum absolute atomic E-state index is 0.120. The molecule has 0 unspecified atom stereocenters. The summed E-state index contributed by atoms with van der Waals surface area (Å²) >= 11 is 0. The Morgan fingerprint density at radius 2 is 2.06 bits per heavy atom. The van der Waals surface area contributed by atoms with Gasteiger partial charge in [-0.1, -0.05) is 19.8 Å². The van der Waals surface area contributed by atoms with Gasteiger partial charge in [0.2, 0.25) is 0 Å². The van der Waals surface area contributed by atoms with Crippen LogP contribution in [-0.2, 0) is 28.4 Å². The second-order valence-electron chi connectivity index (χ2n) is 3.23. The Bertz CT molecular complexity index is 526. The molecule has 0 aliphatic rings. The first-order valence-electron chi connectivity index (χ1n) is 4.92. The molecule has 0 aliphatic carbocycles. The lowest BCUT2D eigenvalue weighted by molar-refractivity contribution is 0.606. The Morgan fingerprint density at radius 1 is 1.44 bits per heavy atom. The number of hydrogen-bond acceptors (Lipinski definition) is 3. The Labute approximate surface area is 100 Å². The predicted octanol–water partition coefficient (Wildman–Crippen LogP) is 1.57. The van der Waals surface area contributed by atoms with Gasteiger partial charge in [0, 0.05) is 10.7 Å². The van der Waals surface area contributed by atoms with Gasteiger partial charge >= 0.3 is 0 Å². The summed E-state index contributed by atoms with van der Waals surface area (Å²) in [5, 5.41) is 4.17. The van der Waals surface area contributed by atoms with Crippen LogP contribution in [0.25, 0.3) is 0 Å². The van der Waals surface area contributed by atoms with Crippen LogP contribution in [0, 0.1) is 12.3 Å². The monoisotopic (exact) mass is 260 g/mol. The largest absolute Gasteiger partial charge is 0.264 e. The Kier molecular flexibility index (Phi) is 4.00. The van der Waals surface area contributed by atoms with Crippen LogP contribution in [-0.4, -0.2) is 18.2 Å². The third-order valence-electron chi connectivity index (χ3n) is 2.23. The molecule has 0 fully saturated rings. The predicted molar refractivity (Wildman–Crippen MR) is 62.9 cm³/mol. The molecule has 0 aliphatic heterocycles. The molecule has 0 amide bonds. The quantitative estimate of drug-likeness (QED) is 0.610. The van der Waals surface area contributed by atoms with Gasteiger partial charge in [-0.2, -0.15) is 5.10 Å². The van der Waals surface area contributed by atoms with Crippen LogP contribution >= 0.6 is 10.7 Å². The maximum Gasteiger partial charge on any atom is 0.264 e. The van der Waals surface area contributed by atoms with Gasteiger partial charge in [-0.05, 0) is 12.8 Å². The van der Waals surface area contributed by atoms with Crippen LogP contribution < -0.4 is 0 Å². The number of terminal acetylenes is 1. The second kappa shape index (κ2) is 4.89. The molecule has 0 spiro atoms. The molecule has 0 saturated heterocycles. The van der Waals surface area contributed by atoms with Crippen LogP contribution in [0.3, 0.4) is 0 Å². The standard InChI is InChI=1S/C10H13ClN2O2S/c1-4-7-13-9(6-3)10(16(11,14)15)8(5-2)12-13/h1H,5-7H2,2-3H3. The van der Waals surface area contributed by atoms with E-state index in [9.17, 15) is 8.42 Å². The number of nitrogens with zero attached hydrogens (tertiary/aromatic N) is 2. The molecule has 0 atom stereocenters. The van der Waals surface area contributed by atoms with Crippen molar-refractivity contribution in [3.63, 3.8) is 0 Å². The van der Waals surface area contributed by atoms with E-state index in [1.807, 2.05) is 13.8 Å². The number of aryl methyl sites for hydroxylation is 1. The highest BCUT2D eigenvalue weighted by Gasteiger charge is 2.24. The molecule has 1 rings (SSSR count). The van der Waals surface area contributed by atoms with Gasteiger partial charge < -0.3 is 0 Å². The van der Waals surface area contributed by atoms with Crippen molar-refractivity contribution in [1.82, 2.24) is 9.78 Å². The molecule has 6 heteroatoms. The third-order valence-corrected chi connectivity index (χ3v) is 3.65. The molecular formula is C10H13ClN2O2S. The van der Waals surface area contributed by atoms with Crippen molar-refractivity contribution in [2.45, 2.75) is 38.1 Å². The highest BCUT2D eigenvalue weighted by atomic mass is 35.7. The van der Waals surface area contributed by atoms with E-state index in [-0.39, 0.29) is 11.4 Å². The number of rotatable bonds is 4. The molecule has 16 heavy (non-hydrogen) atoms. The van der Waals surface area contributed by atoms with Gasteiger partial charge in [-0.15, -0.1) is 6.42 Å². The maximum atomic E-state index is 11.5. The average Bonchev–Trinajstić information content (AvgIpc) is 2.55. The van der Waals surface area contributed by atoms with Gasteiger partial charge in [0.25, 0.3) is 9.05 Å². The fraction of sp³-hybridized carbons (Fsp3) is 0.500. The van der Waals surface area contributed by atoms with E-state index < -0.39 is 9.05 Å². The molecule has 1 aromatic rings. The molecule has 88 valence electrons. The third kappa shape index (κ3) is 2.39. The molecule has 1 aromatic heterocycles. The zero-order chi connectivity index (χ0) is 12.3. The Morgan fingerprint density at radius 3 is 2.44 bits per heavy atom. The molecular weight excluding hydrogens is 248 g/mol. The lowest BCUT2D eigenvalue weighted by Gasteiger charge is -2.02. The van der Waals surface area contributed by atoms with Crippen LogP contribution in [0.2, 0.25) is 0 Å². The molecule has 1 heterocycles. The van der Waals surface area contributed by atoms with Crippen molar-refractivity contribution in [2.24, 2.45) is 0 Å². The summed E-state index contributed by atoms with van der Waals surface area (Å²) in [4.78, 5) is 0.120. The highest BCUT2D eigenvalue weighted by Crippen LogP contribution is 2.25. The van der Waals surface area contributed by atoms with E-state index in [0.717, 1.165) is 0 Å². The van der Waals surface area contributed by atoms with Crippen molar-refractivity contribution in [3.8, 4) is 12.3 Å². The van der Waals surface area contributed by atoms with E-state index >= 15 is 0 Å². The summed E-state index contributed by atoms with van der Waals surface area (Å²) in [6, 6.07) is 0. The summed E-state index contributed by atoms with van der Waals surface area (Å²) < 4.78 is 24.5. The molecule has 0 saturated carbocycles. The summed E-state index contributed by atoms with van der Waals surface area (Å²) in [5.74, 6) is 2.44. The van der Waals surface area contributed by atoms with Gasteiger partial charge in [0.05, 0.1) is 11.4 Å². The van der Waals surface area contributed by atoms with Gasteiger partial charge in [-0.3, -0.25) is 4.68 Å². The normalized spacial score (nSPS) is 11.4. The summed E-state index contributed by atoms with van der Waals surface area (Å²) in [6.07, 6.45) is 6.23. The summed E-state index contributed by atoms with van der Waals surface area (Å²) in [5.41, 5.74) is 1.05. The van der Waals surface area contributed by atoms with Crippen LogP contribution in [0.1, 0.15) is 25.2 Å². The topological polar surface area (TPSA) is 52.0 Å². The molecule has 0 bridgehead atoms. The SMILES string of the molecule is C#CCn1nc(CC)c(S(=O)(=O)Cl)c1CC. The van der Waals surface area contributed by atoms with Crippen LogP contribution in [0.4, 0.5) is 0 Å². The fourth-order valence-electron chi connectivity index (χ4n) is 1.61. The van der Waals surface area contributed by atoms with Crippen molar-refractivity contribution in [3.05, 3.63) is 11.4 Å². The number of halogens is 1. The smallest absolute Gasteiger partial charge is 0.256 e. The van der Waals surface area contributed by atoms with E-state index in [2.05, 4.69) is 11.0 Å². The minimum Gasteiger partial charge on any atom is -0.256 e. The Hall–Kier alpha value is -0.990. The lowest BCUT2D eigenvalue weighted by atomic mass is 10.2. The highest BCUT2D eigenvalue weighted by molar-refractivity contribution is 8.13. The number of aromatic nitrogens is 2. The molecule has 0 aromatic carbocycles.